The maximum absolute atomic E-state index is 11.4. The van der Waals surface area contributed by atoms with Crippen LogP contribution in [-0.4, -0.2) is 15.0 Å². The summed E-state index contributed by atoms with van der Waals surface area (Å²) in [4.78, 5) is 22.2. The highest BCUT2D eigenvalue weighted by Gasteiger charge is 2.25. The van der Waals surface area contributed by atoms with Crippen LogP contribution in [-0.2, 0) is 0 Å². The number of nitrogens with zero attached hydrogens (tertiary/aromatic N) is 2. The molecule has 0 radical (unpaired) electrons. The zero-order valence-electron chi connectivity index (χ0n) is 8.68. The lowest BCUT2D eigenvalue weighted by atomic mass is 10.1. The first-order valence-corrected chi connectivity index (χ1v) is 5.34. The van der Waals surface area contributed by atoms with Crippen LogP contribution in [0.2, 0.25) is 0 Å². The molecule has 80 valence electrons. The summed E-state index contributed by atoms with van der Waals surface area (Å²) in [5, 5.41) is 0. The summed E-state index contributed by atoms with van der Waals surface area (Å²) in [6, 6.07) is 5.70. The molecule has 0 bridgehead atoms. The van der Waals surface area contributed by atoms with Crippen molar-refractivity contribution < 1.29 is 0 Å². The highest BCUT2D eigenvalue weighted by atomic mass is 16.1. The molecule has 3 rings (SSSR count). The molecule has 0 unspecified atom stereocenters. The Balaban J connectivity index is 2.10. The fourth-order valence-electron chi connectivity index (χ4n) is 1.75. The Labute approximate surface area is 92.4 Å². The van der Waals surface area contributed by atoms with Crippen LogP contribution in [0.1, 0.15) is 24.5 Å². The Morgan fingerprint density at radius 3 is 2.94 bits per heavy atom. The summed E-state index contributed by atoms with van der Waals surface area (Å²) in [7, 11) is 0. The number of hydrogen-bond donors (Lipinski definition) is 1. The van der Waals surface area contributed by atoms with Gasteiger partial charge in [0.2, 0.25) is 0 Å². The molecular weight excluding hydrogens is 202 g/mol. The topological polar surface area (TPSA) is 58.6 Å². The molecule has 2 aromatic rings. The molecule has 1 saturated carbocycles. The van der Waals surface area contributed by atoms with Gasteiger partial charge in [-0.25, -0.2) is 4.79 Å². The van der Waals surface area contributed by atoms with Crippen LogP contribution in [0.4, 0.5) is 0 Å². The van der Waals surface area contributed by atoms with Crippen molar-refractivity contribution in [3.8, 4) is 11.3 Å². The number of pyridine rings is 1. The van der Waals surface area contributed by atoms with Crippen molar-refractivity contribution in [3.63, 3.8) is 0 Å². The number of aromatic amines is 1. The second-order valence-corrected chi connectivity index (χ2v) is 4.04. The normalized spacial score (nSPS) is 15.0. The minimum absolute atomic E-state index is 0.275. The van der Waals surface area contributed by atoms with Crippen molar-refractivity contribution in [3.05, 3.63) is 46.8 Å². The first kappa shape index (κ1) is 9.27. The number of nitrogens with one attached hydrogen (secondary N) is 1. The smallest absolute Gasteiger partial charge is 0.309 e. The van der Waals surface area contributed by atoms with Gasteiger partial charge in [0.15, 0.2) is 0 Å². The fourth-order valence-corrected chi connectivity index (χ4v) is 1.75. The van der Waals surface area contributed by atoms with E-state index in [-0.39, 0.29) is 5.69 Å². The van der Waals surface area contributed by atoms with E-state index in [0.717, 1.165) is 24.1 Å². The molecule has 1 N–H and O–H groups in total. The third-order valence-corrected chi connectivity index (χ3v) is 2.74. The van der Waals surface area contributed by atoms with Gasteiger partial charge in [-0.1, -0.05) is 0 Å². The Bertz CT molecular complexity index is 558. The van der Waals surface area contributed by atoms with Crippen LogP contribution >= 0.6 is 0 Å². The van der Waals surface area contributed by atoms with Crippen molar-refractivity contribution in [1.82, 2.24) is 15.0 Å². The third-order valence-electron chi connectivity index (χ3n) is 2.74. The Hall–Kier alpha value is -1.97. The average Bonchev–Trinajstić information content (AvgIpc) is 3.13. The van der Waals surface area contributed by atoms with E-state index < -0.39 is 0 Å². The van der Waals surface area contributed by atoms with Crippen LogP contribution in [0.15, 0.2) is 35.4 Å². The van der Waals surface area contributed by atoms with E-state index in [0.29, 0.717) is 11.6 Å². The SMILES string of the molecule is O=c1nc(-c2cccnc2)cc(C2CC2)[nH]1. The first-order chi connectivity index (χ1) is 7.83. The summed E-state index contributed by atoms with van der Waals surface area (Å²) in [5.41, 5.74) is 2.32. The van der Waals surface area contributed by atoms with Gasteiger partial charge >= 0.3 is 5.69 Å². The minimum Gasteiger partial charge on any atom is -0.309 e. The second-order valence-electron chi connectivity index (χ2n) is 4.04. The van der Waals surface area contributed by atoms with Gasteiger partial charge in [0.25, 0.3) is 0 Å². The maximum Gasteiger partial charge on any atom is 0.345 e. The van der Waals surface area contributed by atoms with Gasteiger partial charge in [0, 0.05) is 23.7 Å². The van der Waals surface area contributed by atoms with Crippen molar-refractivity contribution in [2.75, 3.05) is 0 Å². The number of aromatic nitrogens is 3. The molecular formula is C12H11N3O. The molecule has 4 nitrogen and oxygen atoms in total. The van der Waals surface area contributed by atoms with Gasteiger partial charge < -0.3 is 4.98 Å². The molecule has 0 aromatic carbocycles. The molecule has 1 fully saturated rings. The lowest BCUT2D eigenvalue weighted by Gasteiger charge is -2.02. The van der Waals surface area contributed by atoms with E-state index in [9.17, 15) is 4.79 Å². The van der Waals surface area contributed by atoms with Crippen LogP contribution < -0.4 is 5.69 Å². The lowest BCUT2D eigenvalue weighted by Crippen LogP contribution is -2.13. The van der Waals surface area contributed by atoms with E-state index in [1.54, 1.807) is 12.4 Å². The van der Waals surface area contributed by atoms with Crippen molar-refractivity contribution in [2.45, 2.75) is 18.8 Å². The standard InChI is InChI=1S/C12H11N3O/c16-12-14-10(8-3-4-8)6-11(15-12)9-2-1-5-13-7-9/h1-2,5-8H,3-4H2,(H,14,15,16). The summed E-state index contributed by atoms with van der Waals surface area (Å²) in [6.07, 6.45) is 5.75. The van der Waals surface area contributed by atoms with Gasteiger partial charge in [-0.05, 0) is 37.0 Å². The maximum atomic E-state index is 11.4. The molecule has 2 heterocycles. The molecule has 16 heavy (non-hydrogen) atoms. The molecule has 2 aromatic heterocycles. The summed E-state index contributed by atoms with van der Waals surface area (Å²) < 4.78 is 0. The third kappa shape index (κ3) is 1.74. The van der Waals surface area contributed by atoms with Crippen molar-refractivity contribution >= 4 is 0 Å². The Morgan fingerprint density at radius 2 is 2.25 bits per heavy atom. The van der Waals surface area contributed by atoms with Gasteiger partial charge in [-0.3, -0.25) is 4.98 Å². The van der Waals surface area contributed by atoms with Crippen LogP contribution in [0.25, 0.3) is 11.3 Å². The van der Waals surface area contributed by atoms with Gasteiger partial charge in [-0.15, -0.1) is 0 Å². The molecule has 0 atom stereocenters. The predicted octanol–water partition coefficient (Wildman–Crippen LogP) is 1.71. The van der Waals surface area contributed by atoms with Gasteiger partial charge in [0.1, 0.15) is 0 Å². The van der Waals surface area contributed by atoms with E-state index in [2.05, 4.69) is 15.0 Å². The largest absolute Gasteiger partial charge is 0.345 e. The van der Waals surface area contributed by atoms with Crippen molar-refractivity contribution in [1.29, 1.82) is 0 Å². The zero-order valence-corrected chi connectivity index (χ0v) is 8.68. The quantitative estimate of drug-likeness (QED) is 0.826. The summed E-state index contributed by atoms with van der Waals surface area (Å²) >= 11 is 0. The van der Waals surface area contributed by atoms with Crippen LogP contribution in [0, 0.1) is 0 Å². The predicted molar refractivity (Wildman–Crippen MR) is 60.1 cm³/mol. The Kier molecular flexibility index (Phi) is 2.06. The Morgan fingerprint density at radius 1 is 1.38 bits per heavy atom. The molecule has 1 aliphatic rings. The highest BCUT2D eigenvalue weighted by molar-refractivity contribution is 5.57. The van der Waals surface area contributed by atoms with Crippen molar-refractivity contribution in [2.24, 2.45) is 0 Å². The van der Waals surface area contributed by atoms with E-state index in [1.807, 2.05) is 18.2 Å². The fraction of sp³-hybridized carbons (Fsp3) is 0.250. The number of hydrogen-bond acceptors (Lipinski definition) is 3. The van der Waals surface area contributed by atoms with Crippen LogP contribution in [0.3, 0.4) is 0 Å². The molecule has 4 heteroatoms. The summed E-state index contributed by atoms with van der Waals surface area (Å²) in [5.74, 6) is 0.520. The monoisotopic (exact) mass is 213 g/mol. The van der Waals surface area contributed by atoms with Gasteiger partial charge in [0.05, 0.1) is 5.69 Å². The van der Waals surface area contributed by atoms with Crippen LogP contribution in [0.5, 0.6) is 0 Å². The molecule has 0 saturated heterocycles. The minimum atomic E-state index is -0.275. The molecule has 1 aliphatic carbocycles. The first-order valence-electron chi connectivity index (χ1n) is 5.34. The highest BCUT2D eigenvalue weighted by Crippen LogP contribution is 2.39. The molecule has 0 aliphatic heterocycles. The van der Waals surface area contributed by atoms with E-state index in [4.69, 9.17) is 0 Å². The lowest BCUT2D eigenvalue weighted by molar-refractivity contribution is 0.950. The van der Waals surface area contributed by atoms with E-state index in [1.165, 1.54) is 0 Å². The average molecular weight is 213 g/mol. The van der Waals surface area contributed by atoms with Gasteiger partial charge in [-0.2, -0.15) is 4.98 Å². The molecule has 0 amide bonds. The summed E-state index contributed by atoms with van der Waals surface area (Å²) in [6.45, 7) is 0. The van der Waals surface area contributed by atoms with E-state index >= 15 is 0 Å². The zero-order chi connectivity index (χ0) is 11.0. The second kappa shape index (κ2) is 3.56. The number of rotatable bonds is 2. The molecule has 0 spiro atoms. The number of H-pyrrole nitrogens is 1.